The number of hydrogen-bond donors (Lipinski definition) is 1. The smallest absolute Gasteiger partial charge is 0.262 e. The summed E-state index contributed by atoms with van der Waals surface area (Å²) < 4.78 is 5.61. The number of benzene rings is 3. The van der Waals surface area contributed by atoms with Crippen LogP contribution in [0.25, 0.3) is 10.8 Å². The number of carbonyl (C=O) groups is 1. The molecular formula is C22H23NO2. The van der Waals surface area contributed by atoms with Crippen molar-refractivity contribution in [2.75, 3.05) is 11.9 Å². The molecular weight excluding hydrogens is 310 g/mol. The summed E-state index contributed by atoms with van der Waals surface area (Å²) in [4.78, 5) is 12.1. The Labute approximate surface area is 148 Å². The molecule has 0 spiro atoms. The molecule has 128 valence electrons. The van der Waals surface area contributed by atoms with Crippen molar-refractivity contribution in [1.82, 2.24) is 0 Å². The number of hydrogen-bond acceptors (Lipinski definition) is 2. The van der Waals surface area contributed by atoms with Crippen molar-refractivity contribution in [3.63, 3.8) is 0 Å². The van der Waals surface area contributed by atoms with E-state index in [4.69, 9.17) is 4.74 Å². The summed E-state index contributed by atoms with van der Waals surface area (Å²) in [5.41, 5.74) is 2.11. The van der Waals surface area contributed by atoms with Crippen LogP contribution < -0.4 is 10.1 Å². The Morgan fingerprint density at radius 1 is 0.920 bits per heavy atom. The second-order valence-electron chi connectivity index (χ2n) is 7.17. The summed E-state index contributed by atoms with van der Waals surface area (Å²) in [6.07, 6.45) is 0. The van der Waals surface area contributed by atoms with Crippen molar-refractivity contribution in [3.05, 3.63) is 72.3 Å². The lowest BCUT2D eigenvalue weighted by atomic mass is 9.87. The Morgan fingerprint density at radius 3 is 2.28 bits per heavy atom. The minimum Gasteiger partial charge on any atom is -0.484 e. The molecule has 3 heteroatoms. The number of ether oxygens (including phenoxy) is 1. The molecule has 0 fully saturated rings. The van der Waals surface area contributed by atoms with Gasteiger partial charge >= 0.3 is 0 Å². The summed E-state index contributed by atoms with van der Waals surface area (Å²) in [7, 11) is 0. The van der Waals surface area contributed by atoms with Crippen molar-refractivity contribution in [2.45, 2.75) is 26.2 Å². The molecule has 0 heterocycles. The molecule has 3 rings (SSSR count). The van der Waals surface area contributed by atoms with Gasteiger partial charge in [0.15, 0.2) is 6.61 Å². The third-order valence-corrected chi connectivity index (χ3v) is 4.13. The summed E-state index contributed by atoms with van der Waals surface area (Å²) in [5, 5.41) is 5.11. The minimum atomic E-state index is -0.170. The lowest BCUT2D eigenvalue weighted by Gasteiger charge is -2.19. The van der Waals surface area contributed by atoms with Gasteiger partial charge in [-0.3, -0.25) is 4.79 Å². The predicted octanol–water partition coefficient (Wildman–Crippen LogP) is 5.15. The molecule has 3 aromatic carbocycles. The standard InChI is InChI=1S/C22H23NO2/c1-22(2,3)18-9-11-19(12-10-18)23-21(24)15-25-20-13-8-16-6-4-5-7-17(16)14-20/h4-14H,15H2,1-3H3,(H,23,24). The van der Waals surface area contributed by atoms with Crippen LogP contribution in [0.2, 0.25) is 0 Å². The molecule has 0 saturated carbocycles. The van der Waals surface area contributed by atoms with Crippen LogP contribution in [0.4, 0.5) is 5.69 Å². The maximum atomic E-state index is 12.1. The quantitative estimate of drug-likeness (QED) is 0.716. The van der Waals surface area contributed by atoms with Gasteiger partial charge in [0.1, 0.15) is 5.75 Å². The number of amides is 1. The fourth-order valence-electron chi connectivity index (χ4n) is 2.66. The highest BCUT2D eigenvalue weighted by molar-refractivity contribution is 5.92. The van der Waals surface area contributed by atoms with Gasteiger partial charge in [-0.2, -0.15) is 0 Å². The molecule has 3 aromatic rings. The van der Waals surface area contributed by atoms with Crippen LogP contribution in [0.3, 0.4) is 0 Å². The lowest BCUT2D eigenvalue weighted by Crippen LogP contribution is -2.20. The van der Waals surface area contributed by atoms with E-state index in [0.29, 0.717) is 5.75 Å². The molecule has 25 heavy (non-hydrogen) atoms. The molecule has 0 aliphatic heterocycles. The zero-order chi connectivity index (χ0) is 17.9. The SMILES string of the molecule is CC(C)(C)c1ccc(NC(=O)COc2ccc3ccccc3c2)cc1. The Balaban J connectivity index is 1.58. The van der Waals surface area contributed by atoms with Gasteiger partial charge in [0.05, 0.1) is 0 Å². The molecule has 1 amide bonds. The number of anilines is 1. The second kappa shape index (κ2) is 6.98. The van der Waals surface area contributed by atoms with Gasteiger partial charge in [-0.1, -0.05) is 63.2 Å². The van der Waals surface area contributed by atoms with Crippen molar-refractivity contribution in [2.24, 2.45) is 0 Å². The Bertz CT molecular complexity index is 876. The average Bonchev–Trinajstić information content (AvgIpc) is 2.59. The summed E-state index contributed by atoms with van der Waals surface area (Å²) >= 11 is 0. The molecule has 0 atom stereocenters. The van der Waals surface area contributed by atoms with Crippen LogP contribution in [-0.2, 0) is 10.2 Å². The summed E-state index contributed by atoms with van der Waals surface area (Å²) in [6.45, 7) is 6.48. The van der Waals surface area contributed by atoms with Gasteiger partial charge in [-0.15, -0.1) is 0 Å². The van der Waals surface area contributed by atoms with Crippen LogP contribution in [-0.4, -0.2) is 12.5 Å². The normalized spacial score (nSPS) is 11.3. The van der Waals surface area contributed by atoms with Crippen LogP contribution >= 0.6 is 0 Å². The van der Waals surface area contributed by atoms with E-state index >= 15 is 0 Å². The van der Waals surface area contributed by atoms with E-state index in [1.54, 1.807) is 0 Å². The molecule has 0 radical (unpaired) electrons. The first-order chi connectivity index (χ1) is 11.9. The highest BCUT2D eigenvalue weighted by Gasteiger charge is 2.13. The number of fused-ring (bicyclic) bond motifs is 1. The third-order valence-electron chi connectivity index (χ3n) is 4.13. The van der Waals surface area contributed by atoms with Crippen molar-refractivity contribution >= 4 is 22.4 Å². The average molecular weight is 333 g/mol. The van der Waals surface area contributed by atoms with Gasteiger partial charge in [0.25, 0.3) is 5.91 Å². The molecule has 0 saturated heterocycles. The maximum Gasteiger partial charge on any atom is 0.262 e. The molecule has 0 aliphatic carbocycles. The van der Waals surface area contributed by atoms with E-state index < -0.39 is 0 Å². The monoisotopic (exact) mass is 333 g/mol. The van der Waals surface area contributed by atoms with Crippen molar-refractivity contribution in [1.29, 1.82) is 0 Å². The zero-order valence-corrected chi connectivity index (χ0v) is 14.9. The highest BCUT2D eigenvalue weighted by Crippen LogP contribution is 2.23. The fourth-order valence-corrected chi connectivity index (χ4v) is 2.66. The van der Waals surface area contributed by atoms with Gasteiger partial charge in [-0.05, 0) is 46.0 Å². The molecule has 0 aliphatic rings. The molecule has 1 N–H and O–H groups in total. The van der Waals surface area contributed by atoms with Gasteiger partial charge in [0.2, 0.25) is 0 Å². The Hall–Kier alpha value is -2.81. The first kappa shape index (κ1) is 17.0. The van der Waals surface area contributed by atoms with E-state index in [-0.39, 0.29) is 17.9 Å². The predicted molar refractivity (Wildman–Crippen MR) is 103 cm³/mol. The number of carbonyl (C=O) groups excluding carboxylic acids is 1. The Kier molecular flexibility index (Phi) is 4.75. The zero-order valence-electron chi connectivity index (χ0n) is 14.9. The summed E-state index contributed by atoms with van der Waals surface area (Å²) in [6, 6.07) is 21.8. The van der Waals surface area contributed by atoms with Crippen molar-refractivity contribution < 1.29 is 9.53 Å². The van der Waals surface area contributed by atoms with Crippen LogP contribution in [0, 0.1) is 0 Å². The van der Waals surface area contributed by atoms with Gasteiger partial charge in [-0.25, -0.2) is 0 Å². The first-order valence-electron chi connectivity index (χ1n) is 8.44. The maximum absolute atomic E-state index is 12.1. The number of rotatable bonds is 4. The minimum absolute atomic E-state index is 0.0145. The first-order valence-corrected chi connectivity index (χ1v) is 8.44. The van der Waals surface area contributed by atoms with Crippen LogP contribution in [0.1, 0.15) is 26.3 Å². The molecule has 3 nitrogen and oxygen atoms in total. The van der Waals surface area contributed by atoms with E-state index in [2.05, 4.69) is 26.1 Å². The van der Waals surface area contributed by atoms with Crippen LogP contribution in [0.5, 0.6) is 5.75 Å². The fraction of sp³-hybridized carbons (Fsp3) is 0.227. The topological polar surface area (TPSA) is 38.3 Å². The van der Waals surface area contributed by atoms with E-state index in [1.807, 2.05) is 66.7 Å². The lowest BCUT2D eigenvalue weighted by molar-refractivity contribution is -0.118. The van der Waals surface area contributed by atoms with E-state index in [9.17, 15) is 4.79 Å². The highest BCUT2D eigenvalue weighted by atomic mass is 16.5. The second-order valence-corrected chi connectivity index (χ2v) is 7.17. The third kappa shape index (κ3) is 4.38. The van der Waals surface area contributed by atoms with Gasteiger partial charge < -0.3 is 10.1 Å². The summed E-state index contributed by atoms with van der Waals surface area (Å²) in [5.74, 6) is 0.522. The largest absolute Gasteiger partial charge is 0.484 e. The molecule has 0 aromatic heterocycles. The molecule has 0 bridgehead atoms. The van der Waals surface area contributed by atoms with Gasteiger partial charge in [0, 0.05) is 5.69 Å². The van der Waals surface area contributed by atoms with Crippen molar-refractivity contribution in [3.8, 4) is 5.75 Å². The van der Waals surface area contributed by atoms with E-state index in [1.165, 1.54) is 5.56 Å². The Morgan fingerprint density at radius 2 is 1.60 bits per heavy atom. The molecule has 0 unspecified atom stereocenters. The van der Waals surface area contributed by atoms with E-state index in [0.717, 1.165) is 16.5 Å². The van der Waals surface area contributed by atoms with Crippen LogP contribution in [0.15, 0.2) is 66.7 Å². The number of nitrogens with one attached hydrogen (secondary N) is 1.